The maximum atomic E-state index is 10.5. The predicted octanol–water partition coefficient (Wildman–Crippen LogP) is 2.88. The molecular formula is C16H22O5. The number of hydrogen-bond acceptors (Lipinski definition) is 4. The first-order valence-corrected chi connectivity index (χ1v) is 6.72. The molecule has 5 heteroatoms. The van der Waals surface area contributed by atoms with E-state index in [1.807, 2.05) is 13.8 Å². The van der Waals surface area contributed by atoms with Crippen LogP contribution in [0.15, 0.2) is 30.4 Å². The standard InChI is InChI=1S/C16H22O5/c1-16(2,9-5-4-6-14(18)19)15(20)11-7-8-13(21-3)12(17)10-11/h4,6-8,10,15,17,20H,5,9H2,1-3H3,(H,18,19)/b6-4+/t15-/m0/s1. The normalized spacial score (nSPS) is 13.3. The van der Waals surface area contributed by atoms with E-state index in [1.54, 1.807) is 18.2 Å². The lowest BCUT2D eigenvalue weighted by Gasteiger charge is -2.30. The van der Waals surface area contributed by atoms with Crippen LogP contribution in [0, 0.1) is 5.41 Å². The zero-order chi connectivity index (χ0) is 16.0. The van der Waals surface area contributed by atoms with E-state index in [9.17, 15) is 15.0 Å². The molecule has 0 amide bonds. The summed E-state index contributed by atoms with van der Waals surface area (Å²) in [6, 6.07) is 4.80. The second-order valence-corrected chi connectivity index (χ2v) is 5.60. The zero-order valence-corrected chi connectivity index (χ0v) is 12.5. The van der Waals surface area contributed by atoms with Gasteiger partial charge < -0.3 is 20.1 Å². The van der Waals surface area contributed by atoms with Crippen molar-refractivity contribution in [2.24, 2.45) is 5.41 Å². The van der Waals surface area contributed by atoms with Crippen molar-refractivity contribution in [1.29, 1.82) is 0 Å². The topological polar surface area (TPSA) is 87.0 Å². The number of carboxylic acids is 1. The molecule has 0 aromatic heterocycles. The number of carbonyl (C=O) groups is 1. The van der Waals surface area contributed by atoms with Crippen LogP contribution in [0.25, 0.3) is 0 Å². The van der Waals surface area contributed by atoms with E-state index in [4.69, 9.17) is 9.84 Å². The number of benzene rings is 1. The van der Waals surface area contributed by atoms with Gasteiger partial charge in [-0.3, -0.25) is 0 Å². The quantitative estimate of drug-likeness (QED) is 0.673. The molecule has 0 heterocycles. The largest absolute Gasteiger partial charge is 0.504 e. The van der Waals surface area contributed by atoms with Crippen molar-refractivity contribution in [2.45, 2.75) is 32.8 Å². The van der Waals surface area contributed by atoms with Crippen LogP contribution >= 0.6 is 0 Å². The van der Waals surface area contributed by atoms with Crippen molar-refractivity contribution in [1.82, 2.24) is 0 Å². The van der Waals surface area contributed by atoms with Gasteiger partial charge in [-0.05, 0) is 36.0 Å². The molecule has 0 saturated heterocycles. The molecule has 1 aromatic carbocycles. The molecule has 1 aromatic rings. The number of methoxy groups -OCH3 is 1. The van der Waals surface area contributed by atoms with Gasteiger partial charge in [0.15, 0.2) is 11.5 Å². The Morgan fingerprint density at radius 3 is 2.62 bits per heavy atom. The average Bonchev–Trinajstić information content (AvgIpc) is 2.42. The van der Waals surface area contributed by atoms with E-state index in [1.165, 1.54) is 13.2 Å². The zero-order valence-electron chi connectivity index (χ0n) is 12.5. The van der Waals surface area contributed by atoms with Gasteiger partial charge in [-0.15, -0.1) is 0 Å². The van der Waals surface area contributed by atoms with Gasteiger partial charge in [0.1, 0.15) is 0 Å². The highest BCUT2D eigenvalue weighted by Gasteiger charge is 2.29. The smallest absolute Gasteiger partial charge is 0.327 e. The van der Waals surface area contributed by atoms with Crippen LogP contribution in [0.2, 0.25) is 0 Å². The van der Waals surface area contributed by atoms with Crippen molar-refractivity contribution < 1.29 is 24.9 Å². The summed E-state index contributed by atoms with van der Waals surface area (Å²) in [7, 11) is 1.46. The molecule has 0 fully saturated rings. The second kappa shape index (κ2) is 7.13. The molecule has 0 aliphatic carbocycles. The summed E-state index contributed by atoms with van der Waals surface area (Å²) >= 11 is 0. The number of aliphatic hydroxyl groups excluding tert-OH is 1. The van der Waals surface area contributed by atoms with E-state index in [0.717, 1.165) is 6.08 Å². The van der Waals surface area contributed by atoms with Gasteiger partial charge in [0.25, 0.3) is 0 Å². The number of allylic oxidation sites excluding steroid dienone is 1. The summed E-state index contributed by atoms with van der Waals surface area (Å²) in [5, 5.41) is 28.8. The lowest BCUT2D eigenvalue weighted by Crippen LogP contribution is -2.21. The van der Waals surface area contributed by atoms with Crippen molar-refractivity contribution in [3.05, 3.63) is 35.9 Å². The SMILES string of the molecule is COc1ccc([C@H](O)C(C)(C)CC/C=C/C(=O)O)cc1O. The first-order chi connectivity index (χ1) is 9.77. The molecule has 0 bridgehead atoms. The lowest BCUT2D eigenvalue weighted by atomic mass is 9.79. The molecule has 5 nitrogen and oxygen atoms in total. The van der Waals surface area contributed by atoms with Gasteiger partial charge in [-0.25, -0.2) is 4.79 Å². The first-order valence-electron chi connectivity index (χ1n) is 6.72. The van der Waals surface area contributed by atoms with Gasteiger partial charge in [-0.2, -0.15) is 0 Å². The number of phenols is 1. The molecule has 0 aliphatic heterocycles. The lowest BCUT2D eigenvalue weighted by molar-refractivity contribution is -0.131. The van der Waals surface area contributed by atoms with Gasteiger partial charge in [-0.1, -0.05) is 26.0 Å². The Balaban J connectivity index is 2.77. The summed E-state index contributed by atoms with van der Waals surface area (Å²) in [4.78, 5) is 10.4. The number of hydrogen-bond donors (Lipinski definition) is 3. The summed E-state index contributed by atoms with van der Waals surface area (Å²) in [5.74, 6) is -0.641. The Kier molecular flexibility index (Phi) is 5.79. The molecule has 1 atom stereocenters. The molecule has 0 aliphatic rings. The van der Waals surface area contributed by atoms with Gasteiger partial charge in [0, 0.05) is 6.08 Å². The fraction of sp³-hybridized carbons (Fsp3) is 0.438. The Morgan fingerprint density at radius 2 is 2.10 bits per heavy atom. The number of aliphatic carboxylic acids is 1. The minimum absolute atomic E-state index is 0.0179. The number of rotatable bonds is 7. The van der Waals surface area contributed by atoms with Crippen molar-refractivity contribution in [2.75, 3.05) is 7.11 Å². The summed E-state index contributed by atoms with van der Waals surface area (Å²) in [6.07, 6.45) is 3.07. The Hall–Kier alpha value is -2.01. The number of ether oxygens (including phenoxy) is 1. The minimum Gasteiger partial charge on any atom is -0.504 e. The molecular weight excluding hydrogens is 272 g/mol. The van der Waals surface area contributed by atoms with E-state index in [2.05, 4.69) is 0 Å². The van der Waals surface area contributed by atoms with Crippen molar-refractivity contribution in [3.8, 4) is 11.5 Å². The highest BCUT2D eigenvalue weighted by atomic mass is 16.5. The Morgan fingerprint density at radius 1 is 1.43 bits per heavy atom. The van der Waals surface area contributed by atoms with Gasteiger partial charge >= 0.3 is 5.97 Å². The Labute approximate surface area is 124 Å². The number of aromatic hydroxyl groups is 1. The minimum atomic E-state index is -0.978. The fourth-order valence-electron chi connectivity index (χ4n) is 2.10. The molecule has 0 saturated carbocycles. The fourth-order valence-corrected chi connectivity index (χ4v) is 2.10. The molecule has 116 valence electrons. The van der Waals surface area contributed by atoms with Crippen LogP contribution in [-0.4, -0.2) is 28.4 Å². The number of phenolic OH excluding ortho intramolecular Hbond substituents is 1. The number of carboxylic acid groups (broad SMARTS) is 1. The Bertz CT molecular complexity index is 519. The van der Waals surface area contributed by atoms with Crippen molar-refractivity contribution in [3.63, 3.8) is 0 Å². The van der Waals surface area contributed by atoms with Crippen LogP contribution in [0.1, 0.15) is 38.4 Å². The predicted molar refractivity (Wildman–Crippen MR) is 79.4 cm³/mol. The monoisotopic (exact) mass is 294 g/mol. The first kappa shape index (κ1) is 17.0. The molecule has 0 spiro atoms. The molecule has 1 rings (SSSR count). The molecule has 0 radical (unpaired) electrons. The average molecular weight is 294 g/mol. The third-order valence-corrected chi connectivity index (χ3v) is 3.47. The van der Waals surface area contributed by atoms with Crippen LogP contribution in [0.4, 0.5) is 0 Å². The molecule has 3 N–H and O–H groups in total. The van der Waals surface area contributed by atoms with E-state index in [0.29, 0.717) is 24.2 Å². The summed E-state index contributed by atoms with van der Waals surface area (Å²) < 4.78 is 4.97. The second-order valence-electron chi connectivity index (χ2n) is 5.60. The van der Waals surface area contributed by atoms with Gasteiger partial charge in [0.2, 0.25) is 0 Å². The maximum Gasteiger partial charge on any atom is 0.327 e. The third-order valence-electron chi connectivity index (χ3n) is 3.47. The van der Waals surface area contributed by atoms with Crippen LogP contribution in [-0.2, 0) is 4.79 Å². The molecule has 0 unspecified atom stereocenters. The van der Waals surface area contributed by atoms with Crippen LogP contribution < -0.4 is 4.74 Å². The van der Waals surface area contributed by atoms with E-state index in [-0.39, 0.29) is 5.75 Å². The molecule has 21 heavy (non-hydrogen) atoms. The third kappa shape index (κ3) is 4.79. The van der Waals surface area contributed by atoms with Crippen LogP contribution in [0.5, 0.6) is 11.5 Å². The van der Waals surface area contributed by atoms with Gasteiger partial charge in [0.05, 0.1) is 13.2 Å². The van der Waals surface area contributed by atoms with Crippen LogP contribution in [0.3, 0.4) is 0 Å². The highest BCUT2D eigenvalue weighted by molar-refractivity contribution is 5.79. The summed E-state index contributed by atoms with van der Waals surface area (Å²) in [5.41, 5.74) is 0.143. The van der Waals surface area contributed by atoms with E-state index >= 15 is 0 Å². The summed E-state index contributed by atoms with van der Waals surface area (Å²) in [6.45, 7) is 3.79. The van der Waals surface area contributed by atoms with Crippen molar-refractivity contribution >= 4 is 5.97 Å². The van der Waals surface area contributed by atoms with E-state index < -0.39 is 17.5 Å². The maximum absolute atomic E-state index is 10.5. The highest BCUT2D eigenvalue weighted by Crippen LogP contribution is 2.39. The number of aliphatic hydroxyl groups is 1.